The predicted molar refractivity (Wildman–Crippen MR) is 155 cm³/mol. The average Bonchev–Trinajstić information content (AvgIpc) is 2.90. The number of hydrogen-bond donors (Lipinski definition) is 0. The van der Waals surface area contributed by atoms with Crippen molar-refractivity contribution in [2.24, 2.45) is 0 Å². The Balaban J connectivity index is 1.54. The van der Waals surface area contributed by atoms with Crippen molar-refractivity contribution in [3.8, 4) is 0 Å². The van der Waals surface area contributed by atoms with Crippen molar-refractivity contribution < 1.29 is 0 Å². The van der Waals surface area contributed by atoms with Crippen LogP contribution >= 0.6 is 0 Å². The highest BCUT2D eigenvalue weighted by molar-refractivity contribution is 5.78. The molecule has 36 heavy (non-hydrogen) atoms. The number of aryl methyl sites for hydroxylation is 3. The molecule has 0 fully saturated rings. The van der Waals surface area contributed by atoms with Crippen LogP contribution in [0, 0.1) is 20.8 Å². The van der Waals surface area contributed by atoms with E-state index >= 15 is 0 Å². The maximum atomic E-state index is 2.45. The number of allylic oxidation sites excluding steroid dienone is 2. The highest BCUT2D eigenvalue weighted by Gasteiger charge is 2.20. The first-order valence-corrected chi connectivity index (χ1v) is 12.7. The molecule has 1 aliphatic rings. The minimum atomic E-state index is 0.285. The van der Waals surface area contributed by atoms with Gasteiger partial charge in [0.15, 0.2) is 0 Å². The Kier molecular flexibility index (Phi) is 6.77. The molecule has 1 aliphatic carbocycles. The summed E-state index contributed by atoms with van der Waals surface area (Å²) >= 11 is 0. The summed E-state index contributed by atoms with van der Waals surface area (Å²) in [4.78, 5) is 4.77. The van der Waals surface area contributed by atoms with Crippen molar-refractivity contribution >= 4 is 28.4 Å². The van der Waals surface area contributed by atoms with Crippen LogP contribution in [0.3, 0.4) is 0 Å². The molecule has 0 aliphatic heterocycles. The van der Waals surface area contributed by atoms with E-state index in [1.807, 2.05) is 0 Å². The Bertz CT molecular complexity index is 1310. The summed E-state index contributed by atoms with van der Waals surface area (Å²) in [5.74, 6) is 0. The Morgan fingerprint density at radius 1 is 0.500 bits per heavy atom. The molecule has 0 bridgehead atoms. The Hall–Kier alpha value is -4.04. The first-order valence-electron chi connectivity index (χ1n) is 12.7. The molecule has 0 saturated carbocycles. The van der Waals surface area contributed by atoms with E-state index in [0.29, 0.717) is 0 Å². The molecule has 4 aromatic carbocycles. The maximum Gasteiger partial charge on any atom is 0.0560 e. The van der Waals surface area contributed by atoms with E-state index in [2.05, 4.69) is 153 Å². The number of rotatable bonds is 6. The average molecular weight is 471 g/mol. The van der Waals surface area contributed by atoms with Crippen LogP contribution in [0.15, 0.2) is 121 Å². The smallest absolute Gasteiger partial charge is 0.0560 e. The maximum absolute atomic E-state index is 2.45. The SMILES string of the molecule is CC1=CCC(N(c2ccc(C)cc2)c2ccc(N(c3ccc(C)cc3)c3ccc(C)cc3)cc2)C=C1. The molecule has 5 rings (SSSR count). The summed E-state index contributed by atoms with van der Waals surface area (Å²) < 4.78 is 0. The lowest BCUT2D eigenvalue weighted by atomic mass is 10.0. The van der Waals surface area contributed by atoms with Crippen LogP contribution in [0.4, 0.5) is 28.4 Å². The van der Waals surface area contributed by atoms with Gasteiger partial charge in [0, 0.05) is 28.4 Å². The van der Waals surface area contributed by atoms with Gasteiger partial charge in [-0.15, -0.1) is 0 Å². The van der Waals surface area contributed by atoms with E-state index in [9.17, 15) is 0 Å². The van der Waals surface area contributed by atoms with Gasteiger partial charge in [-0.3, -0.25) is 0 Å². The van der Waals surface area contributed by atoms with Crippen LogP contribution < -0.4 is 9.80 Å². The van der Waals surface area contributed by atoms with Crippen molar-refractivity contribution in [3.63, 3.8) is 0 Å². The zero-order chi connectivity index (χ0) is 25.1. The molecule has 0 aromatic heterocycles. The van der Waals surface area contributed by atoms with Crippen LogP contribution in [0.1, 0.15) is 30.0 Å². The molecule has 4 aromatic rings. The number of benzene rings is 4. The van der Waals surface area contributed by atoms with E-state index in [1.165, 1.54) is 33.6 Å². The first kappa shape index (κ1) is 23.7. The molecule has 0 radical (unpaired) electrons. The summed E-state index contributed by atoms with van der Waals surface area (Å²) in [5.41, 5.74) is 11.0. The van der Waals surface area contributed by atoms with E-state index in [0.717, 1.165) is 23.5 Å². The minimum absolute atomic E-state index is 0.285. The van der Waals surface area contributed by atoms with E-state index in [4.69, 9.17) is 0 Å². The Morgan fingerprint density at radius 2 is 0.861 bits per heavy atom. The van der Waals surface area contributed by atoms with Crippen molar-refractivity contribution in [3.05, 3.63) is 138 Å². The fourth-order valence-corrected chi connectivity index (χ4v) is 4.74. The number of hydrogen-bond acceptors (Lipinski definition) is 2. The fourth-order valence-electron chi connectivity index (χ4n) is 4.74. The van der Waals surface area contributed by atoms with Crippen LogP contribution in [0.2, 0.25) is 0 Å². The van der Waals surface area contributed by atoms with Crippen molar-refractivity contribution in [1.82, 2.24) is 0 Å². The van der Waals surface area contributed by atoms with Gasteiger partial charge in [0.25, 0.3) is 0 Å². The van der Waals surface area contributed by atoms with Gasteiger partial charge in [0.05, 0.1) is 6.04 Å². The third-order valence-electron chi connectivity index (χ3n) is 6.88. The van der Waals surface area contributed by atoms with Crippen LogP contribution in [-0.2, 0) is 0 Å². The zero-order valence-electron chi connectivity index (χ0n) is 21.6. The molecule has 1 unspecified atom stereocenters. The molecule has 1 atom stereocenters. The van der Waals surface area contributed by atoms with Gasteiger partial charge in [-0.2, -0.15) is 0 Å². The Morgan fingerprint density at radius 3 is 1.25 bits per heavy atom. The normalized spacial score (nSPS) is 14.9. The van der Waals surface area contributed by atoms with Gasteiger partial charge in [-0.05, 0) is 94.8 Å². The second-order valence-electron chi connectivity index (χ2n) is 9.84. The predicted octanol–water partition coefficient (Wildman–Crippen LogP) is 9.49. The standard InChI is InChI=1S/C34H34N2/c1-25-5-13-29(14-6-25)35(30-15-7-26(2)8-16-30)33-21-23-34(24-22-33)36(31-17-9-27(3)10-18-31)32-19-11-28(4)12-20-32/h5-19,21-24,32H,20H2,1-4H3. The van der Waals surface area contributed by atoms with E-state index in [-0.39, 0.29) is 6.04 Å². The lowest BCUT2D eigenvalue weighted by molar-refractivity contribution is 0.779. The number of anilines is 5. The van der Waals surface area contributed by atoms with Gasteiger partial charge in [-0.25, -0.2) is 0 Å². The molecular weight excluding hydrogens is 436 g/mol. The van der Waals surface area contributed by atoms with Crippen LogP contribution in [0.25, 0.3) is 0 Å². The summed E-state index contributed by atoms with van der Waals surface area (Å²) in [6, 6.07) is 35.6. The van der Waals surface area contributed by atoms with Gasteiger partial charge < -0.3 is 9.80 Å². The molecule has 2 heteroatoms. The summed E-state index contributed by atoms with van der Waals surface area (Å²) in [6.07, 6.45) is 7.89. The lowest BCUT2D eigenvalue weighted by Crippen LogP contribution is -2.30. The molecule has 0 N–H and O–H groups in total. The minimum Gasteiger partial charge on any atom is -0.334 e. The summed E-state index contributed by atoms with van der Waals surface area (Å²) in [7, 11) is 0. The van der Waals surface area contributed by atoms with Crippen molar-refractivity contribution in [2.75, 3.05) is 9.80 Å². The molecule has 2 nitrogen and oxygen atoms in total. The highest BCUT2D eigenvalue weighted by atomic mass is 15.2. The van der Waals surface area contributed by atoms with Gasteiger partial charge in [-0.1, -0.05) is 76.9 Å². The molecular formula is C34H34N2. The second-order valence-corrected chi connectivity index (χ2v) is 9.84. The first-order chi connectivity index (χ1) is 17.5. The molecule has 180 valence electrons. The number of nitrogens with zero attached hydrogens (tertiary/aromatic N) is 2. The third-order valence-corrected chi connectivity index (χ3v) is 6.88. The van der Waals surface area contributed by atoms with Crippen molar-refractivity contribution in [1.29, 1.82) is 0 Å². The largest absolute Gasteiger partial charge is 0.334 e. The molecule has 0 spiro atoms. The molecule has 0 amide bonds. The van der Waals surface area contributed by atoms with Gasteiger partial charge in [0.1, 0.15) is 0 Å². The summed E-state index contributed by atoms with van der Waals surface area (Å²) in [6.45, 7) is 8.57. The topological polar surface area (TPSA) is 6.48 Å². The third kappa shape index (κ3) is 5.13. The van der Waals surface area contributed by atoms with E-state index < -0.39 is 0 Å². The van der Waals surface area contributed by atoms with Gasteiger partial charge >= 0.3 is 0 Å². The van der Waals surface area contributed by atoms with Gasteiger partial charge in [0.2, 0.25) is 0 Å². The quantitative estimate of drug-likeness (QED) is 0.277. The molecule has 0 heterocycles. The monoisotopic (exact) mass is 470 g/mol. The van der Waals surface area contributed by atoms with Crippen LogP contribution in [-0.4, -0.2) is 6.04 Å². The van der Waals surface area contributed by atoms with Crippen molar-refractivity contribution in [2.45, 2.75) is 40.2 Å². The molecule has 0 saturated heterocycles. The van der Waals surface area contributed by atoms with E-state index in [1.54, 1.807) is 0 Å². The summed E-state index contributed by atoms with van der Waals surface area (Å²) in [5, 5.41) is 0. The van der Waals surface area contributed by atoms with Crippen LogP contribution in [0.5, 0.6) is 0 Å². The zero-order valence-corrected chi connectivity index (χ0v) is 21.6. The fraction of sp³-hybridized carbons (Fsp3) is 0.176. The Labute approximate surface area is 215 Å². The highest BCUT2D eigenvalue weighted by Crippen LogP contribution is 2.38. The lowest BCUT2D eigenvalue weighted by Gasteiger charge is -2.34. The second kappa shape index (κ2) is 10.3.